The average molecular weight is 445 g/mol. The van der Waals surface area contributed by atoms with Crippen LogP contribution in [0.5, 0.6) is 5.75 Å². The lowest BCUT2D eigenvalue weighted by Crippen LogP contribution is -2.51. The maximum absolute atomic E-state index is 12.8. The van der Waals surface area contributed by atoms with Crippen molar-refractivity contribution in [1.29, 1.82) is 5.26 Å². The molecular weight excluding hydrogens is 412 g/mol. The Balaban J connectivity index is 1.73. The van der Waals surface area contributed by atoms with Crippen LogP contribution in [0.4, 0.5) is 4.79 Å². The van der Waals surface area contributed by atoms with Crippen molar-refractivity contribution in [2.45, 2.75) is 71.8 Å². The van der Waals surface area contributed by atoms with Gasteiger partial charge >= 0.3 is 12.1 Å². The maximum Gasteiger partial charge on any atom is 0.413 e. The number of esters is 1. The lowest BCUT2D eigenvalue weighted by Gasteiger charge is -2.35. The SMILES string of the molecule is CCOC(=O)C1Cc2cc(OC[C@@H]3COC(C)(C)N3C(=O)OC(C)(C)C)cc(C#N)c2C1. The predicted octanol–water partition coefficient (Wildman–Crippen LogP) is 3.59. The molecule has 0 bridgehead atoms. The van der Waals surface area contributed by atoms with E-state index in [0.29, 0.717) is 37.4 Å². The van der Waals surface area contributed by atoms with E-state index in [1.54, 1.807) is 17.9 Å². The summed E-state index contributed by atoms with van der Waals surface area (Å²) in [4.78, 5) is 26.5. The van der Waals surface area contributed by atoms with Crippen molar-refractivity contribution in [1.82, 2.24) is 4.90 Å². The highest BCUT2D eigenvalue weighted by molar-refractivity contribution is 5.75. The van der Waals surface area contributed by atoms with E-state index >= 15 is 0 Å². The molecule has 8 heteroatoms. The number of hydrogen-bond acceptors (Lipinski definition) is 7. The lowest BCUT2D eigenvalue weighted by atomic mass is 10.0. The van der Waals surface area contributed by atoms with Gasteiger partial charge in [0.1, 0.15) is 23.7 Å². The molecule has 1 unspecified atom stereocenters. The Morgan fingerprint density at radius 1 is 1.28 bits per heavy atom. The van der Waals surface area contributed by atoms with E-state index in [-0.39, 0.29) is 24.5 Å². The molecule has 1 aliphatic heterocycles. The molecule has 0 radical (unpaired) electrons. The molecule has 3 rings (SSSR count). The number of carbonyl (C=O) groups is 2. The zero-order chi connectivity index (χ0) is 23.7. The molecule has 2 aliphatic rings. The fraction of sp³-hybridized carbons (Fsp3) is 0.625. The van der Waals surface area contributed by atoms with E-state index in [1.165, 1.54) is 0 Å². The normalized spacial score (nSPS) is 21.6. The van der Waals surface area contributed by atoms with Crippen molar-refractivity contribution < 1.29 is 28.5 Å². The molecule has 1 amide bonds. The Kier molecular flexibility index (Phi) is 6.70. The topological polar surface area (TPSA) is 98.1 Å². The molecule has 1 saturated heterocycles. The van der Waals surface area contributed by atoms with E-state index in [0.717, 1.165) is 11.1 Å². The van der Waals surface area contributed by atoms with Crippen LogP contribution in [0.15, 0.2) is 12.1 Å². The summed E-state index contributed by atoms with van der Waals surface area (Å²) in [5.41, 5.74) is 0.844. The van der Waals surface area contributed by atoms with Crippen molar-refractivity contribution >= 4 is 12.1 Å². The summed E-state index contributed by atoms with van der Waals surface area (Å²) in [7, 11) is 0. The predicted molar refractivity (Wildman–Crippen MR) is 116 cm³/mol. The van der Waals surface area contributed by atoms with Gasteiger partial charge in [0.05, 0.1) is 36.8 Å². The van der Waals surface area contributed by atoms with Gasteiger partial charge in [-0.3, -0.25) is 9.69 Å². The number of fused-ring (bicyclic) bond motifs is 1. The first-order valence-corrected chi connectivity index (χ1v) is 11.0. The molecule has 2 atom stereocenters. The lowest BCUT2D eigenvalue weighted by molar-refractivity contribution is -0.147. The Labute approximate surface area is 189 Å². The standard InChI is InChI=1S/C24H32N2O6/c1-7-29-21(27)16-8-15-9-19(10-17(12-25)20(15)11-16)30-13-18-14-31-24(5,6)26(18)22(28)32-23(2,3)4/h9-10,16,18H,7-8,11,13-14H2,1-6H3/t16?,18-/m1/s1. The van der Waals surface area contributed by atoms with Gasteiger partial charge in [0.25, 0.3) is 0 Å². The van der Waals surface area contributed by atoms with Crippen LogP contribution in [-0.4, -0.2) is 54.2 Å². The third-order valence-electron chi connectivity index (χ3n) is 5.58. The van der Waals surface area contributed by atoms with E-state index < -0.39 is 17.4 Å². The van der Waals surface area contributed by atoms with Gasteiger partial charge in [0.15, 0.2) is 0 Å². The number of benzene rings is 1. The molecule has 1 heterocycles. The molecule has 0 aromatic heterocycles. The molecule has 0 N–H and O–H groups in total. The number of hydrogen-bond donors (Lipinski definition) is 0. The highest BCUT2D eigenvalue weighted by atomic mass is 16.6. The number of amides is 1. The van der Waals surface area contributed by atoms with E-state index in [9.17, 15) is 14.9 Å². The van der Waals surface area contributed by atoms with Gasteiger partial charge in [-0.05, 0) is 77.6 Å². The van der Waals surface area contributed by atoms with E-state index in [4.69, 9.17) is 18.9 Å². The smallest absolute Gasteiger partial charge is 0.413 e. The van der Waals surface area contributed by atoms with Crippen molar-refractivity contribution in [3.8, 4) is 11.8 Å². The number of carbonyl (C=O) groups excluding carboxylic acids is 2. The van der Waals surface area contributed by atoms with Gasteiger partial charge in [-0.1, -0.05) is 0 Å². The minimum Gasteiger partial charge on any atom is -0.491 e. The van der Waals surface area contributed by atoms with Crippen molar-refractivity contribution in [2.75, 3.05) is 19.8 Å². The quantitative estimate of drug-likeness (QED) is 0.640. The van der Waals surface area contributed by atoms with Gasteiger partial charge in [0.2, 0.25) is 0 Å². The largest absolute Gasteiger partial charge is 0.491 e. The highest BCUT2D eigenvalue weighted by Gasteiger charge is 2.46. The molecule has 1 aromatic carbocycles. The maximum atomic E-state index is 12.8. The van der Waals surface area contributed by atoms with Gasteiger partial charge in [-0.2, -0.15) is 5.26 Å². The van der Waals surface area contributed by atoms with Crippen LogP contribution in [0.3, 0.4) is 0 Å². The van der Waals surface area contributed by atoms with Gasteiger partial charge in [-0.25, -0.2) is 4.79 Å². The third-order valence-corrected chi connectivity index (χ3v) is 5.58. The van der Waals surface area contributed by atoms with Crippen molar-refractivity contribution in [3.05, 3.63) is 28.8 Å². The fourth-order valence-electron chi connectivity index (χ4n) is 4.20. The number of ether oxygens (including phenoxy) is 4. The molecule has 174 valence electrons. The van der Waals surface area contributed by atoms with Crippen LogP contribution < -0.4 is 4.74 Å². The van der Waals surface area contributed by atoms with Crippen LogP contribution in [0.25, 0.3) is 0 Å². The summed E-state index contributed by atoms with van der Waals surface area (Å²) in [6.45, 7) is 11.7. The minimum absolute atomic E-state index is 0.188. The van der Waals surface area contributed by atoms with Crippen LogP contribution in [0, 0.1) is 17.2 Å². The summed E-state index contributed by atoms with van der Waals surface area (Å²) < 4.78 is 22.5. The molecule has 1 aliphatic carbocycles. The second-order valence-electron chi connectivity index (χ2n) is 9.65. The number of nitriles is 1. The zero-order valence-corrected chi connectivity index (χ0v) is 19.7. The summed E-state index contributed by atoms with van der Waals surface area (Å²) in [6.07, 6.45) is 0.551. The van der Waals surface area contributed by atoms with Gasteiger partial charge in [-0.15, -0.1) is 0 Å². The van der Waals surface area contributed by atoms with Crippen LogP contribution in [-0.2, 0) is 31.8 Å². The molecular formula is C24H32N2O6. The third kappa shape index (κ3) is 5.16. The molecule has 1 aromatic rings. The molecule has 0 spiro atoms. The molecule has 8 nitrogen and oxygen atoms in total. The molecule has 32 heavy (non-hydrogen) atoms. The minimum atomic E-state index is -0.820. The van der Waals surface area contributed by atoms with Crippen molar-refractivity contribution in [2.24, 2.45) is 5.92 Å². The zero-order valence-electron chi connectivity index (χ0n) is 19.7. The summed E-state index contributed by atoms with van der Waals surface area (Å²) in [5, 5.41) is 9.61. The van der Waals surface area contributed by atoms with Crippen LogP contribution in [0.1, 0.15) is 58.2 Å². The first-order chi connectivity index (χ1) is 14.9. The van der Waals surface area contributed by atoms with Crippen molar-refractivity contribution in [3.63, 3.8) is 0 Å². The van der Waals surface area contributed by atoms with Crippen LogP contribution in [0.2, 0.25) is 0 Å². The molecule has 1 fully saturated rings. The van der Waals surface area contributed by atoms with Gasteiger partial charge < -0.3 is 18.9 Å². The Bertz CT molecular complexity index is 928. The fourth-order valence-corrected chi connectivity index (χ4v) is 4.20. The van der Waals surface area contributed by atoms with Gasteiger partial charge in [0, 0.05) is 0 Å². The summed E-state index contributed by atoms with van der Waals surface area (Å²) >= 11 is 0. The first-order valence-electron chi connectivity index (χ1n) is 11.0. The number of rotatable bonds is 5. The number of nitrogens with zero attached hydrogens (tertiary/aromatic N) is 2. The van der Waals surface area contributed by atoms with E-state index in [2.05, 4.69) is 6.07 Å². The summed E-state index contributed by atoms with van der Waals surface area (Å²) in [5.74, 6) is 0.00559. The Morgan fingerprint density at radius 2 is 2.00 bits per heavy atom. The second-order valence-corrected chi connectivity index (χ2v) is 9.65. The Morgan fingerprint density at radius 3 is 2.62 bits per heavy atom. The van der Waals surface area contributed by atoms with Crippen LogP contribution >= 0.6 is 0 Å². The highest BCUT2D eigenvalue weighted by Crippen LogP contribution is 2.34. The Hall–Kier alpha value is -2.79. The second kappa shape index (κ2) is 8.99. The monoisotopic (exact) mass is 444 g/mol. The van der Waals surface area contributed by atoms with E-state index in [1.807, 2.05) is 40.7 Å². The summed E-state index contributed by atoms with van der Waals surface area (Å²) in [6, 6.07) is 5.42. The average Bonchev–Trinajstić information content (AvgIpc) is 3.24. The first kappa shape index (κ1) is 23.9. The molecule has 0 saturated carbocycles.